The molecule has 6 aromatic carbocycles. The molecule has 0 amide bonds. The van der Waals surface area contributed by atoms with Crippen LogP contribution in [0, 0.1) is 18.3 Å². The maximum absolute atomic E-state index is 12.5. The topological polar surface area (TPSA) is 50.9 Å². The number of rotatable bonds is 9. The van der Waals surface area contributed by atoms with Gasteiger partial charge in [0.25, 0.3) is 0 Å². The van der Waals surface area contributed by atoms with Crippen LogP contribution in [0.5, 0.6) is 5.75 Å². The van der Waals surface area contributed by atoms with Crippen LogP contribution in [0.1, 0.15) is 135 Å². The van der Waals surface area contributed by atoms with Gasteiger partial charge in [-0.3, -0.25) is 9.55 Å². The second-order valence-corrected chi connectivity index (χ2v) is 20.0. The van der Waals surface area contributed by atoms with Gasteiger partial charge in [-0.05, 0) is 98.6 Å². The normalized spacial score (nSPS) is 14.8. The summed E-state index contributed by atoms with van der Waals surface area (Å²) in [5.41, 5.74) is 8.93. The van der Waals surface area contributed by atoms with E-state index in [1.165, 1.54) is 6.20 Å². The Bertz CT molecular complexity index is 3430. The van der Waals surface area contributed by atoms with Crippen LogP contribution in [0.4, 0.5) is 0 Å². The molecule has 0 spiro atoms. The zero-order valence-electron chi connectivity index (χ0n) is 48.5. The van der Waals surface area contributed by atoms with E-state index in [4.69, 9.17) is 19.6 Å². The molecule has 5 heteroatoms. The molecule has 1 N–H and O–H groups in total. The molecule has 0 fully saturated rings. The average Bonchev–Trinajstić information content (AvgIpc) is 3.69. The molecule has 336 valence electrons. The molecule has 8 aromatic rings. The fraction of sp³-hybridized carbons (Fsp3) is 0.300. The maximum atomic E-state index is 12.5. The molecule has 0 unspecified atom stereocenters. The smallest absolute Gasteiger partial charge is 0.148 e. The minimum absolute atomic E-state index is 0. The maximum Gasteiger partial charge on any atom is 0.148 e. The summed E-state index contributed by atoms with van der Waals surface area (Å²) in [6.45, 7) is 21.8. The molecule has 2 heterocycles. The van der Waals surface area contributed by atoms with Crippen molar-refractivity contribution in [3.8, 4) is 67.5 Å². The van der Waals surface area contributed by atoms with Gasteiger partial charge in [0.05, 0.1) is 27.8 Å². The molecule has 2 aromatic heterocycles. The summed E-state index contributed by atoms with van der Waals surface area (Å²) in [5, 5.41) is 12.5. The van der Waals surface area contributed by atoms with Crippen LogP contribution in [0.3, 0.4) is 0 Å². The average molecular weight is 1050 g/mol. The first-order valence-corrected chi connectivity index (χ1v) is 22.0. The fourth-order valence-electron chi connectivity index (χ4n) is 8.09. The largest absolute Gasteiger partial charge is 0.507 e. The third kappa shape index (κ3) is 9.17. The number of imidazole rings is 1. The fourth-order valence-corrected chi connectivity index (χ4v) is 8.09. The Morgan fingerprint density at radius 3 is 2.03 bits per heavy atom. The van der Waals surface area contributed by atoms with E-state index in [0.717, 1.165) is 39.0 Å². The van der Waals surface area contributed by atoms with Crippen LogP contribution in [-0.2, 0) is 31.9 Å². The van der Waals surface area contributed by atoms with E-state index < -0.39 is 48.4 Å². The number of phenolic OH excluding ortho intramolecular Hbond substituents is 1. The number of phenols is 1. The molecule has 0 radical (unpaired) electrons. The van der Waals surface area contributed by atoms with Crippen molar-refractivity contribution in [2.24, 2.45) is 5.41 Å². The number of fused-ring (bicyclic) bond motifs is 1. The Morgan fingerprint density at radius 1 is 0.677 bits per heavy atom. The number of benzene rings is 6. The first-order chi connectivity index (χ1) is 33.7. The van der Waals surface area contributed by atoms with Gasteiger partial charge in [-0.15, -0.1) is 29.3 Å². The Labute approximate surface area is 415 Å². The monoisotopic (exact) mass is 1050 g/mol. The van der Waals surface area contributed by atoms with Crippen LogP contribution in [-0.4, -0.2) is 19.6 Å². The van der Waals surface area contributed by atoms with Crippen molar-refractivity contribution in [2.45, 2.75) is 113 Å². The molecule has 0 atom stereocenters. The van der Waals surface area contributed by atoms with Crippen molar-refractivity contribution >= 4 is 11.0 Å². The van der Waals surface area contributed by atoms with Gasteiger partial charge in [-0.1, -0.05) is 185 Å². The Morgan fingerprint density at radius 2 is 1.38 bits per heavy atom. The summed E-state index contributed by atoms with van der Waals surface area (Å²) in [6, 6.07) is 35.2. The number of aromatic nitrogens is 3. The third-order valence-electron chi connectivity index (χ3n) is 13.0. The van der Waals surface area contributed by atoms with E-state index in [-0.39, 0.29) is 48.6 Å². The van der Waals surface area contributed by atoms with Crippen molar-refractivity contribution in [3.05, 3.63) is 167 Å². The Hall–Kier alpha value is -5.57. The minimum Gasteiger partial charge on any atom is -0.507 e. The molecular weight excluding hydrogens is 974 g/mol. The van der Waals surface area contributed by atoms with Crippen molar-refractivity contribution in [1.29, 1.82) is 0 Å². The van der Waals surface area contributed by atoms with Gasteiger partial charge in [-0.25, -0.2) is 4.98 Å². The number of aromatic hydroxyl groups is 1. The van der Waals surface area contributed by atoms with E-state index in [2.05, 4.69) is 102 Å². The van der Waals surface area contributed by atoms with E-state index >= 15 is 0 Å². The van der Waals surface area contributed by atoms with Crippen molar-refractivity contribution in [1.82, 2.24) is 14.5 Å². The van der Waals surface area contributed by atoms with E-state index in [1.807, 2.05) is 48.5 Å². The Kier molecular flexibility index (Phi) is 10.1. The quantitative estimate of drug-likeness (QED) is 0.147. The molecule has 0 aliphatic rings. The van der Waals surface area contributed by atoms with Gasteiger partial charge in [0.2, 0.25) is 0 Å². The Balaban J connectivity index is 0.00000800. The second-order valence-electron chi connectivity index (χ2n) is 20.0. The predicted molar refractivity (Wildman–Crippen MR) is 271 cm³/mol. The predicted octanol–water partition coefficient (Wildman–Crippen LogP) is 16.4. The van der Waals surface area contributed by atoms with Gasteiger partial charge in [0.15, 0.2) is 0 Å². The molecule has 0 bridgehead atoms. The van der Waals surface area contributed by atoms with Crippen LogP contribution >= 0.6 is 0 Å². The second kappa shape index (κ2) is 18.0. The van der Waals surface area contributed by atoms with Crippen molar-refractivity contribution < 1.29 is 38.5 Å². The van der Waals surface area contributed by atoms with Gasteiger partial charge in [-0.2, -0.15) is 0 Å². The first-order valence-electron chi connectivity index (χ1n) is 26.5. The standard InChI is InChI=1S/C60H64N3O.Pt/c1-37(2)43-33-49(38(3)4)56(64)51(34-43)57-62-55-48(44-30-45(32-47(31-44)58(6,7)8)52-35-42(28-29-61-52)40-24-22-39(5)23-25-40)20-17-21-54(55)63(57)53-27-26-46(60(12,13)59(9,10)11)36-50(53)41-18-15-14-16-19-41;/h14-29,31-38,64H,1-13H3;/q-1;/i5D3,22D,23D,24D,25D,37D,38D;. The molecule has 0 aliphatic carbocycles. The number of hydrogen-bond acceptors (Lipinski definition) is 3. The van der Waals surface area contributed by atoms with E-state index in [9.17, 15) is 7.85 Å². The number of hydrogen-bond donors (Lipinski definition) is 1. The third-order valence-corrected chi connectivity index (χ3v) is 13.0. The summed E-state index contributed by atoms with van der Waals surface area (Å²) in [5.74, 6) is -2.01. The molecule has 0 saturated heterocycles. The summed E-state index contributed by atoms with van der Waals surface area (Å²) in [6.07, 6.45) is 1.53. The minimum atomic E-state index is -2.84. The summed E-state index contributed by atoms with van der Waals surface area (Å²) in [7, 11) is 0. The van der Waals surface area contributed by atoms with Crippen LogP contribution in [0.25, 0.3) is 72.7 Å². The van der Waals surface area contributed by atoms with Crippen molar-refractivity contribution in [3.63, 3.8) is 0 Å². The van der Waals surface area contributed by atoms with Gasteiger partial charge >= 0.3 is 0 Å². The van der Waals surface area contributed by atoms with Crippen molar-refractivity contribution in [2.75, 3.05) is 0 Å². The zero-order valence-corrected chi connectivity index (χ0v) is 41.8. The molecule has 4 nitrogen and oxygen atoms in total. The SMILES string of the molecule is [2H]c1c([2H])c(C([2H])([2H])[2H])c([2H])c([2H])c1-c1ccnc(-c2[c-]c(-c3cccc4c3nc(-c3cc(C([2H])(C)C)cc(C([2H])(C)C)c3O)n4-c3ccc(C(C)(C)C(C)(C)C)cc3-c3ccccc3)cc(C(C)(C)C)c2)c1.[Pt]. The van der Waals surface area contributed by atoms with Crippen LogP contribution in [0.2, 0.25) is 0 Å². The van der Waals surface area contributed by atoms with Crippen LogP contribution in [0.15, 0.2) is 133 Å². The summed E-state index contributed by atoms with van der Waals surface area (Å²) < 4.78 is 79.2. The zero-order chi connectivity index (χ0) is 53.7. The van der Waals surface area contributed by atoms with E-state index in [0.29, 0.717) is 50.4 Å². The number of para-hydroxylation sites is 1. The van der Waals surface area contributed by atoms with Gasteiger partial charge < -0.3 is 5.11 Å². The molecule has 8 rings (SSSR count). The molecule has 65 heavy (non-hydrogen) atoms. The first kappa shape index (κ1) is 36.6. The molecular formula is C60H64N3OPt-. The van der Waals surface area contributed by atoms with E-state index in [1.54, 1.807) is 45.9 Å². The van der Waals surface area contributed by atoms with Gasteiger partial charge in [0, 0.05) is 45.4 Å². The molecule has 0 aliphatic heterocycles. The number of pyridine rings is 1. The molecule has 0 saturated carbocycles. The summed E-state index contributed by atoms with van der Waals surface area (Å²) >= 11 is 0. The number of nitrogens with zero attached hydrogens (tertiary/aromatic N) is 3. The van der Waals surface area contributed by atoms with Gasteiger partial charge in [0.1, 0.15) is 11.6 Å². The van der Waals surface area contributed by atoms with Crippen LogP contribution < -0.4 is 0 Å². The summed E-state index contributed by atoms with van der Waals surface area (Å²) in [4.78, 5) is 10.3.